The molecule has 0 amide bonds. The minimum absolute atomic E-state index is 0.246. The summed E-state index contributed by atoms with van der Waals surface area (Å²) in [4.78, 5) is 0. The maximum atomic E-state index is 2.56. The summed E-state index contributed by atoms with van der Waals surface area (Å²) in [5.41, 5.74) is 25.9. The van der Waals surface area contributed by atoms with Gasteiger partial charge in [-0.15, -0.1) is 0 Å². The lowest BCUT2D eigenvalue weighted by Gasteiger charge is -2.52. The number of rotatable bonds is 0. The Labute approximate surface area is 267 Å². The van der Waals surface area contributed by atoms with Gasteiger partial charge in [-0.25, -0.2) is 0 Å². The smallest absolute Gasteiger partial charge is 0.0666 e. The third-order valence-electron chi connectivity index (χ3n) is 11.5. The van der Waals surface area contributed by atoms with E-state index in [-0.39, 0.29) is 18.8 Å². The fourth-order valence-corrected chi connectivity index (χ4v) is 10.1. The van der Waals surface area contributed by atoms with E-state index in [1.54, 1.807) is 10.9 Å². The minimum atomic E-state index is -0.378. The first kappa shape index (κ1) is 25.7. The monoisotopic (exact) mass is 572 g/mol. The number of fused-ring (bicyclic) bond motifs is 12. The van der Waals surface area contributed by atoms with Gasteiger partial charge in [-0.1, -0.05) is 164 Å². The summed E-state index contributed by atoms with van der Waals surface area (Å²) < 4.78 is 0. The van der Waals surface area contributed by atoms with Crippen molar-refractivity contribution < 1.29 is 0 Å². The van der Waals surface area contributed by atoms with Crippen LogP contribution in [-0.4, -0.2) is 13.4 Å². The van der Waals surface area contributed by atoms with Crippen molar-refractivity contribution >= 4 is 46.2 Å². The molecular weight excluding hydrogens is 538 g/mol. The summed E-state index contributed by atoms with van der Waals surface area (Å²) in [5, 5.41) is 0. The van der Waals surface area contributed by atoms with Crippen LogP contribution in [0.4, 0.5) is 0 Å². The molecule has 4 heterocycles. The Bertz CT molecular complexity index is 2130. The van der Waals surface area contributed by atoms with E-state index in [0.29, 0.717) is 0 Å². The summed E-state index contributed by atoms with van der Waals surface area (Å²) in [6.07, 6.45) is 2.00. The van der Waals surface area contributed by atoms with Crippen molar-refractivity contribution in [3.63, 3.8) is 0 Å². The Morgan fingerprint density at radius 3 is 1.29 bits per heavy atom. The molecule has 0 nitrogen and oxygen atoms in total. The van der Waals surface area contributed by atoms with Crippen LogP contribution < -0.4 is 32.8 Å². The van der Waals surface area contributed by atoms with Crippen molar-refractivity contribution in [2.24, 2.45) is 0 Å². The predicted octanol–water partition coefficient (Wildman–Crippen LogP) is 4.77. The molecule has 0 saturated heterocycles. The molecule has 2 heteroatoms. The zero-order chi connectivity index (χ0) is 30.2. The summed E-state index contributed by atoms with van der Waals surface area (Å²) in [6, 6.07) is 43.4. The van der Waals surface area contributed by atoms with Gasteiger partial charge in [0, 0.05) is 0 Å². The molecule has 0 radical (unpaired) electrons. The number of hydrogen-bond acceptors (Lipinski definition) is 0. The second-order valence-electron chi connectivity index (χ2n) is 14.3. The van der Waals surface area contributed by atoms with Crippen LogP contribution in [0.5, 0.6) is 0 Å². The molecule has 0 atom stereocenters. The van der Waals surface area contributed by atoms with Gasteiger partial charge in [0.2, 0.25) is 13.4 Å². The number of aryl methyl sites for hydroxylation is 4. The predicted molar refractivity (Wildman–Crippen MR) is 192 cm³/mol. The average Bonchev–Trinajstić information content (AvgIpc) is 3.03. The molecule has 0 unspecified atom stereocenters. The fourth-order valence-electron chi connectivity index (χ4n) is 10.1. The second-order valence-corrected chi connectivity index (χ2v) is 14.3. The number of benzene rings is 6. The first-order chi connectivity index (χ1) is 21.9. The van der Waals surface area contributed by atoms with Gasteiger partial charge in [0.1, 0.15) is 0 Å². The van der Waals surface area contributed by atoms with Crippen molar-refractivity contribution in [2.75, 3.05) is 0 Å². The van der Waals surface area contributed by atoms with Crippen LogP contribution in [0.1, 0.15) is 66.8 Å². The molecule has 45 heavy (non-hydrogen) atoms. The van der Waals surface area contributed by atoms with Crippen LogP contribution in [0.25, 0.3) is 0 Å². The molecule has 6 aromatic carbocycles. The van der Waals surface area contributed by atoms with Gasteiger partial charge in [-0.2, -0.15) is 0 Å². The van der Waals surface area contributed by atoms with Gasteiger partial charge < -0.3 is 0 Å². The van der Waals surface area contributed by atoms with Crippen LogP contribution in [0.15, 0.2) is 109 Å². The lowest BCUT2D eigenvalue weighted by Crippen LogP contribution is -2.70. The Kier molecular flexibility index (Phi) is 5.03. The molecule has 1 spiro atoms. The molecule has 10 rings (SSSR count). The lowest BCUT2D eigenvalue weighted by atomic mass is 9.24. The topological polar surface area (TPSA) is 0 Å². The van der Waals surface area contributed by atoms with Gasteiger partial charge in [0.05, 0.1) is 5.41 Å². The zero-order valence-electron chi connectivity index (χ0n) is 26.5. The molecule has 0 aliphatic carbocycles. The SMILES string of the molecule is Cc1ccc2c(c1)Cc1cc(C)cc3c1B2c1ccccc1C31c2ccccc2B2c3ccc(C)cc3Cc3cc(C)cc1c32. The normalized spacial score (nSPS) is 15.5. The van der Waals surface area contributed by atoms with Gasteiger partial charge in [-0.3, -0.25) is 0 Å². The van der Waals surface area contributed by atoms with E-state index in [0.717, 1.165) is 12.8 Å². The largest absolute Gasteiger partial charge is 0.242 e. The van der Waals surface area contributed by atoms with Crippen LogP contribution in [0, 0.1) is 27.7 Å². The molecular formula is C43H34B2. The highest BCUT2D eigenvalue weighted by Crippen LogP contribution is 2.48. The molecule has 4 aliphatic rings. The highest BCUT2D eigenvalue weighted by atomic mass is 14.5. The fraction of sp³-hybridized carbons (Fsp3) is 0.163. The highest BCUT2D eigenvalue weighted by Gasteiger charge is 2.55. The maximum absolute atomic E-state index is 2.56. The van der Waals surface area contributed by atoms with E-state index in [1.807, 2.05) is 0 Å². The van der Waals surface area contributed by atoms with E-state index in [2.05, 4.69) is 137 Å². The van der Waals surface area contributed by atoms with E-state index < -0.39 is 0 Å². The molecule has 212 valence electrons. The average molecular weight is 572 g/mol. The molecule has 4 aliphatic heterocycles. The first-order valence-electron chi connectivity index (χ1n) is 16.6. The van der Waals surface area contributed by atoms with Crippen molar-refractivity contribution in [1.82, 2.24) is 0 Å². The third kappa shape index (κ3) is 3.20. The standard InChI is InChI=1S/C43H34B2/c1-25-13-15-37-29(17-25)23-31-19-27(3)21-35-41(31)44(37)39-11-7-5-9-33(39)43(35)34-10-6-8-12-40(34)45-38-16-14-26(2)18-30(38)24-32-20-28(4)22-36(43)42(32)45/h5-22H,23-24H2,1-4H3. The maximum Gasteiger partial charge on any atom is 0.242 e. The number of hydrogen-bond donors (Lipinski definition) is 0. The van der Waals surface area contributed by atoms with Gasteiger partial charge >= 0.3 is 0 Å². The molecule has 0 bridgehead atoms. The Morgan fingerprint density at radius 2 is 0.822 bits per heavy atom. The van der Waals surface area contributed by atoms with Gasteiger partial charge in [0.15, 0.2) is 0 Å². The van der Waals surface area contributed by atoms with E-state index in [4.69, 9.17) is 0 Å². The highest BCUT2D eigenvalue weighted by molar-refractivity contribution is 6.99. The second kappa shape index (κ2) is 8.79. The van der Waals surface area contributed by atoms with Crippen molar-refractivity contribution in [3.8, 4) is 0 Å². The van der Waals surface area contributed by atoms with E-state index >= 15 is 0 Å². The first-order valence-corrected chi connectivity index (χ1v) is 16.6. The van der Waals surface area contributed by atoms with Gasteiger partial charge in [-0.05, 0) is 85.0 Å². The molecule has 0 fully saturated rings. The summed E-state index contributed by atoms with van der Waals surface area (Å²) in [6.45, 7) is 9.59. The van der Waals surface area contributed by atoms with Gasteiger partial charge in [0.25, 0.3) is 0 Å². The third-order valence-corrected chi connectivity index (χ3v) is 11.5. The summed E-state index contributed by atoms with van der Waals surface area (Å²) in [5.74, 6) is 0. The Morgan fingerprint density at radius 1 is 0.400 bits per heavy atom. The van der Waals surface area contributed by atoms with Crippen molar-refractivity contribution in [1.29, 1.82) is 0 Å². The Hall–Kier alpha value is -4.55. The van der Waals surface area contributed by atoms with E-state index in [1.165, 1.54) is 88.6 Å². The van der Waals surface area contributed by atoms with Crippen molar-refractivity contribution in [2.45, 2.75) is 46.0 Å². The molecule has 0 aromatic heterocycles. The lowest BCUT2D eigenvalue weighted by molar-refractivity contribution is 0.751. The van der Waals surface area contributed by atoms with Crippen LogP contribution in [0.3, 0.4) is 0 Å². The van der Waals surface area contributed by atoms with Crippen molar-refractivity contribution in [3.05, 3.63) is 176 Å². The zero-order valence-corrected chi connectivity index (χ0v) is 26.5. The van der Waals surface area contributed by atoms with Crippen LogP contribution in [0.2, 0.25) is 0 Å². The summed E-state index contributed by atoms with van der Waals surface area (Å²) >= 11 is 0. The Balaban J connectivity index is 1.39. The minimum Gasteiger partial charge on any atom is -0.0666 e. The quantitative estimate of drug-likeness (QED) is 0.230. The molecule has 6 aromatic rings. The summed E-state index contributed by atoms with van der Waals surface area (Å²) in [7, 11) is 0. The van der Waals surface area contributed by atoms with Crippen LogP contribution >= 0.6 is 0 Å². The van der Waals surface area contributed by atoms with E-state index in [9.17, 15) is 0 Å². The van der Waals surface area contributed by atoms with Crippen LogP contribution in [-0.2, 0) is 18.3 Å². The molecule has 0 N–H and O–H groups in total. The molecule has 0 saturated carbocycles.